The zero-order valence-electron chi connectivity index (χ0n) is 21.1. The molecule has 0 bridgehead atoms. The SMILES string of the molecule is COc1ccc2nc(-c3cccnc3)nc(Nc3ccccc3C(=O)NCc3ccc4c(c3)CCC4)c2c1. The van der Waals surface area contributed by atoms with Crippen LogP contribution in [0.1, 0.15) is 33.5 Å². The minimum atomic E-state index is -0.156. The van der Waals surface area contributed by atoms with E-state index < -0.39 is 0 Å². The van der Waals surface area contributed by atoms with Crippen molar-refractivity contribution in [3.8, 4) is 17.1 Å². The molecule has 7 heteroatoms. The van der Waals surface area contributed by atoms with Gasteiger partial charge in [0.2, 0.25) is 0 Å². The summed E-state index contributed by atoms with van der Waals surface area (Å²) in [4.78, 5) is 27.1. The molecule has 0 unspecified atom stereocenters. The molecular formula is C31H27N5O2. The number of carbonyl (C=O) groups is 1. The third-order valence-electron chi connectivity index (χ3n) is 6.86. The molecule has 0 spiro atoms. The van der Waals surface area contributed by atoms with Crippen LogP contribution < -0.4 is 15.4 Å². The molecule has 1 aliphatic rings. The van der Waals surface area contributed by atoms with Crippen molar-refractivity contribution >= 4 is 28.3 Å². The molecule has 2 aromatic heterocycles. The van der Waals surface area contributed by atoms with Gasteiger partial charge in [-0.2, -0.15) is 0 Å². The van der Waals surface area contributed by atoms with E-state index in [0.717, 1.165) is 34.9 Å². The van der Waals surface area contributed by atoms with Gasteiger partial charge < -0.3 is 15.4 Å². The topological polar surface area (TPSA) is 89.0 Å². The minimum absolute atomic E-state index is 0.156. The second kappa shape index (κ2) is 10.3. The number of carbonyl (C=O) groups excluding carboxylic acids is 1. The number of fused-ring (bicyclic) bond motifs is 2. The number of pyridine rings is 1. The lowest BCUT2D eigenvalue weighted by atomic mass is 10.1. The first-order valence-electron chi connectivity index (χ1n) is 12.7. The summed E-state index contributed by atoms with van der Waals surface area (Å²) in [7, 11) is 1.62. The summed E-state index contributed by atoms with van der Waals surface area (Å²) in [6, 6.07) is 23.4. The van der Waals surface area contributed by atoms with Crippen LogP contribution >= 0.6 is 0 Å². The summed E-state index contributed by atoms with van der Waals surface area (Å²) >= 11 is 0. The fourth-order valence-electron chi connectivity index (χ4n) is 4.88. The minimum Gasteiger partial charge on any atom is -0.497 e. The third kappa shape index (κ3) is 4.78. The number of amides is 1. The lowest BCUT2D eigenvalue weighted by molar-refractivity contribution is 0.0951. The lowest BCUT2D eigenvalue weighted by Crippen LogP contribution is -2.23. The van der Waals surface area contributed by atoms with Crippen molar-refractivity contribution < 1.29 is 9.53 Å². The lowest BCUT2D eigenvalue weighted by Gasteiger charge is -2.15. The van der Waals surface area contributed by atoms with E-state index in [1.165, 1.54) is 17.5 Å². The largest absolute Gasteiger partial charge is 0.497 e. The molecule has 0 saturated carbocycles. The Balaban J connectivity index is 1.31. The summed E-state index contributed by atoms with van der Waals surface area (Å²) in [6.07, 6.45) is 6.91. The van der Waals surface area contributed by atoms with E-state index in [1.54, 1.807) is 19.5 Å². The van der Waals surface area contributed by atoms with E-state index in [2.05, 4.69) is 33.8 Å². The van der Waals surface area contributed by atoms with Gasteiger partial charge >= 0.3 is 0 Å². The van der Waals surface area contributed by atoms with Crippen LogP contribution in [0.15, 0.2) is 85.2 Å². The maximum absolute atomic E-state index is 13.3. The Bertz CT molecular complexity index is 1640. The van der Waals surface area contributed by atoms with Crippen molar-refractivity contribution in [2.45, 2.75) is 25.8 Å². The number of rotatable bonds is 7. The van der Waals surface area contributed by atoms with Crippen LogP contribution in [-0.2, 0) is 19.4 Å². The molecule has 6 rings (SSSR count). The average molecular weight is 502 g/mol. The van der Waals surface area contributed by atoms with E-state index in [4.69, 9.17) is 14.7 Å². The Labute approximate surface area is 221 Å². The zero-order chi connectivity index (χ0) is 25.9. The summed E-state index contributed by atoms with van der Waals surface area (Å²) in [6.45, 7) is 0.471. The molecule has 5 aromatic rings. The maximum atomic E-state index is 13.3. The van der Waals surface area contributed by atoms with Crippen LogP contribution in [0.5, 0.6) is 5.75 Å². The number of hydrogen-bond acceptors (Lipinski definition) is 6. The highest BCUT2D eigenvalue weighted by Crippen LogP contribution is 2.31. The van der Waals surface area contributed by atoms with Gasteiger partial charge in [-0.1, -0.05) is 30.3 Å². The van der Waals surface area contributed by atoms with Crippen LogP contribution in [0, 0.1) is 0 Å². The monoisotopic (exact) mass is 501 g/mol. The quantitative estimate of drug-likeness (QED) is 0.290. The molecule has 0 aliphatic heterocycles. The van der Waals surface area contributed by atoms with Crippen LogP contribution in [-0.4, -0.2) is 28.0 Å². The fourth-order valence-corrected chi connectivity index (χ4v) is 4.88. The second-order valence-electron chi connectivity index (χ2n) is 9.33. The van der Waals surface area contributed by atoms with Crippen molar-refractivity contribution in [1.82, 2.24) is 20.3 Å². The number of para-hydroxylation sites is 1. The van der Waals surface area contributed by atoms with Crippen LogP contribution in [0.2, 0.25) is 0 Å². The van der Waals surface area contributed by atoms with Gasteiger partial charge in [0.05, 0.1) is 23.9 Å². The number of aromatic nitrogens is 3. The molecule has 1 aliphatic carbocycles. The predicted octanol–water partition coefficient (Wildman–Crippen LogP) is 5.86. The third-order valence-corrected chi connectivity index (χ3v) is 6.86. The van der Waals surface area contributed by atoms with Crippen molar-refractivity contribution in [3.05, 3.63) is 107 Å². The number of nitrogens with zero attached hydrogens (tertiary/aromatic N) is 3. The number of aryl methyl sites for hydroxylation is 2. The maximum Gasteiger partial charge on any atom is 0.253 e. The van der Waals surface area contributed by atoms with Gasteiger partial charge in [-0.3, -0.25) is 9.78 Å². The molecule has 2 heterocycles. The molecule has 1 amide bonds. The van der Waals surface area contributed by atoms with Crippen molar-refractivity contribution in [2.24, 2.45) is 0 Å². The van der Waals surface area contributed by atoms with E-state index >= 15 is 0 Å². The molecule has 0 radical (unpaired) electrons. The predicted molar refractivity (Wildman–Crippen MR) is 149 cm³/mol. The second-order valence-corrected chi connectivity index (χ2v) is 9.33. The van der Waals surface area contributed by atoms with E-state index in [0.29, 0.717) is 35.2 Å². The van der Waals surface area contributed by atoms with Crippen molar-refractivity contribution in [1.29, 1.82) is 0 Å². The van der Waals surface area contributed by atoms with Gasteiger partial charge in [0, 0.05) is 29.9 Å². The van der Waals surface area contributed by atoms with E-state index in [-0.39, 0.29) is 5.91 Å². The Morgan fingerprint density at radius 1 is 0.947 bits per heavy atom. The van der Waals surface area contributed by atoms with Crippen molar-refractivity contribution in [2.75, 3.05) is 12.4 Å². The summed E-state index contributed by atoms with van der Waals surface area (Å²) < 4.78 is 5.45. The summed E-state index contributed by atoms with van der Waals surface area (Å²) in [5.74, 6) is 1.65. The molecular weight excluding hydrogens is 474 g/mol. The molecule has 38 heavy (non-hydrogen) atoms. The van der Waals surface area contributed by atoms with Gasteiger partial charge in [0.1, 0.15) is 11.6 Å². The van der Waals surface area contributed by atoms with Crippen LogP contribution in [0.4, 0.5) is 11.5 Å². The molecule has 0 fully saturated rings. The summed E-state index contributed by atoms with van der Waals surface area (Å²) in [5.41, 5.74) is 6.67. The molecule has 0 saturated heterocycles. The highest BCUT2D eigenvalue weighted by Gasteiger charge is 2.16. The van der Waals surface area contributed by atoms with Gasteiger partial charge in [-0.15, -0.1) is 0 Å². The first-order chi connectivity index (χ1) is 18.7. The van der Waals surface area contributed by atoms with E-state index in [1.807, 2.05) is 54.6 Å². The number of ether oxygens (including phenoxy) is 1. The molecule has 188 valence electrons. The van der Waals surface area contributed by atoms with Crippen LogP contribution in [0.3, 0.4) is 0 Å². The molecule has 0 atom stereocenters. The summed E-state index contributed by atoms with van der Waals surface area (Å²) in [5, 5.41) is 7.27. The number of benzene rings is 3. The molecule has 2 N–H and O–H groups in total. The number of anilines is 2. The number of methoxy groups -OCH3 is 1. The Kier molecular flexibility index (Phi) is 6.40. The van der Waals surface area contributed by atoms with E-state index in [9.17, 15) is 4.79 Å². The first kappa shape index (κ1) is 23.6. The first-order valence-corrected chi connectivity index (χ1v) is 12.7. The highest BCUT2D eigenvalue weighted by atomic mass is 16.5. The standard InChI is InChI=1S/C31H27N5O2/c1-38-24-13-14-28-26(17-24)30(36-29(34-28)23-8-5-15-32-19-23)35-27-10-3-2-9-25(27)31(37)33-18-20-11-12-21-6-4-7-22(21)16-20/h2-3,5,8-17,19H,4,6-7,18H2,1H3,(H,33,37)(H,34,35,36). The molecule has 7 nitrogen and oxygen atoms in total. The van der Waals surface area contributed by atoms with Crippen molar-refractivity contribution in [3.63, 3.8) is 0 Å². The Morgan fingerprint density at radius 3 is 2.71 bits per heavy atom. The normalized spacial score (nSPS) is 12.2. The van der Waals surface area contributed by atoms with Crippen LogP contribution in [0.25, 0.3) is 22.3 Å². The fraction of sp³-hybridized carbons (Fsp3) is 0.161. The van der Waals surface area contributed by atoms with Gasteiger partial charge in [-0.05, 0) is 78.4 Å². The zero-order valence-corrected chi connectivity index (χ0v) is 21.1. The van der Waals surface area contributed by atoms with Gasteiger partial charge in [0.25, 0.3) is 5.91 Å². The smallest absolute Gasteiger partial charge is 0.253 e. The van der Waals surface area contributed by atoms with Gasteiger partial charge in [-0.25, -0.2) is 9.97 Å². The van der Waals surface area contributed by atoms with Gasteiger partial charge in [0.15, 0.2) is 5.82 Å². The average Bonchev–Trinajstić information content (AvgIpc) is 3.44. The number of nitrogens with one attached hydrogen (secondary N) is 2. The molecule has 3 aromatic carbocycles. The Morgan fingerprint density at radius 2 is 1.84 bits per heavy atom. The Hall–Kier alpha value is -4.78. The number of hydrogen-bond donors (Lipinski definition) is 2. The highest BCUT2D eigenvalue weighted by molar-refractivity contribution is 6.02.